The van der Waals surface area contributed by atoms with Crippen molar-refractivity contribution >= 4 is 5.82 Å². The van der Waals surface area contributed by atoms with E-state index in [1.165, 1.54) is 0 Å². The summed E-state index contributed by atoms with van der Waals surface area (Å²) in [7, 11) is 0. The van der Waals surface area contributed by atoms with Crippen LogP contribution in [0.3, 0.4) is 0 Å². The molecule has 0 aliphatic carbocycles. The minimum atomic E-state index is -0.262. The average molecular weight is 261 g/mol. The molecule has 2 N–H and O–H groups in total. The van der Waals surface area contributed by atoms with Crippen LogP contribution >= 0.6 is 0 Å². The van der Waals surface area contributed by atoms with Crippen LogP contribution < -0.4 is 10.9 Å². The Bertz CT molecular complexity index is 620. The van der Waals surface area contributed by atoms with E-state index in [4.69, 9.17) is 0 Å². The van der Waals surface area contributed by atoms with Crippen molar-refractivity contribution in [3.8, 4) is 0 Å². The van der Waals surface area contributed by atoms with Crippen molar-refractivity contribution in [3.05, 3.63) is 40.2 Å². The lowest BCUT2D eigenvalue weighted by atomic mass is 10.1. The third-order valence-electron chi connectivity index (χ3n) is 2.94. The van der Waals surface area contributed by atoms with Gasteiger partial charge in [0.2, 0.25) is 0 Å². The Hall–Kier alpha value is -2.11. The van der Waals surface area contributed by atoms with Gasteiger partial charge in [-0.05, 0) is 27.7 Å². The number of aromatic nitrogens is 4. The number of aryl methyl sites for hydroxylation is 1. The summed E-state index contributed by atoms with van der Waals surface area (Å²) in [5.74, 6) is 0.359. The van der Waals surface area contributed by atoms with Crippen LogP contribution in [0.1, 0.15) is 32.0 Å². The molecule has 0 aliphatic heterocycles. The standard InChI is InChI=1S/C13H19N5O/c1-9-10(8-16-17-9)7-15-11-12(19)18(6-5-14-11)13(2,3)4/h5-6,8H,7H2,1-4H3,(H,14,15)(H,16,17). The van der Waals surface area contributed by atoms with Crippen molar-refractivity contribution in [3.63, 3.8) is 0 Å². The normalized spacial score (nSPS) is 11.6. The molecule has 0 spiro atoms. The predicted octanol–water partition coefficient (Wildman–Crippen LogP) is 1.64. The maximum Gasteiger partial charge on any atom is 0.293 e. The average Bonchev–Trinajstić information content (AvgIpc) is 2.72. The molecule has 0 atom stereocenters. The first kappa shape index (κ1) is 13.3. The summed E-state index contributed by atoms with van der Waals surface area (Å²) in [6.07, 6.45) is 5.08. The zero-order chi connectivity index (χ0) is 14.0. The summed E-state index contributed by atoms with van der Waals surface area (Å²) >= 11 is 0. The molecule has 102 valence electrons. The molecule has 0 bridgehead atoms. The molecule has 0 aromatic carbocycles. The van der Waals surface area contributed by atoms with E-state index in [0.29, 0.717) is 12.4 Å². The van der Waals surface area contributed by atoms with Crippen LogP contribution in [0.5, 0.6) is 0 Å². The van der Waals surface area contributed by atoms with E-state index in [2.05, 4.69) is 20.5 Å². The minimum Gasteiger partial charge on any atom is -0.361 e. The van der Waals surface area contributed by atoms with Gasteiger partial charge in [0.25, 0.3) is 5.56 Å². The number of hydrogen-bond acceptors (Lipinski definition) is 4. The van der Waals surface area contributed by atoms with Gasteiger partial charge < -0.3 is 9.88 Å². The number of nitrogens with zero attached hydrogens (tertiary/aromatic N) is 3. The number of aromatic amines is 1. The van der Waals surface area contributed by atoms with Crippen molar-refractivity contribution in [2.75, 3.05) is 5.32 Å². The third-order valence-corrected chi connectivity index (χ3v) is 2.94. The number of hydrogen-bond donors (Lipinski definition) is 2. The topological polar surface area (TPSA) is 75.6 Å². The molecule has 2 aromatic heterocycles. The van der Waals surface area contributed by atoms with Crippen LogP contribution in [-0.4, -0.2) is 19.7 Å². The maximum atomic E-state index is 12.3. The van der Waals surface area contributed by atoms with Crippen LogP contribution in [0, 0.1) is 6.92 Å². The molecule has 0 unspecified atom stereocenters. The second-order valence-corrected chi connectivity index (χ2v) is 5.50. The second kappa shape index (κ2) is 4.87. The molecule has 0 amide bonds. The zero-order valence-corrected chi connectivity index (χ0v) is 11.7. The fourth-order valence-electron chi connectivity index (χ4n) is 1.79. The monoisotopic (exact) mass is 261 g/mol. The summed E-state index contributed by atoms with van der Waals surface area (Å²) < 4.78 is 1.67. The van der Waals surface area contributed by atoms with Gasteiger partial charge in [0, 0.05) is 35.7 Å². The molecule has 2 aromatic rings. The van der Waals surface area contributed by atoms with Crippen LogP contribution in [-0.2, 0) is 12.1 Å². The lowest BCUT2D eigenvalue weighted by Gasteiger charge is -2.22. The Balaban J connectivity index is 2.23. The van der Waals surface area contributed by atoms with Gasteiger partial charge in [0.1, 0.15) is 0 Å². The van der Waals surface area contributed by atoms with Gasteiger partial charge in [-0.2, -0.15) is 5.10 Å². The van der Waals surface area contributed by atoms with E-state index in [1.54, 1.807) is 23.2 Å². The van der Waals surface area contributed by atoms with E-state index in [-0.39, 0.29) is 11.1 Å². The molecule has 6 nitrogen and oxygen atoms in total. The molecule has 0 saturated heterocycles. The Kier molecular flexibility index (Phi) is 3.42. The summed E-state index contributed by atoms with van der Waals surface area (Å²) in [4.78, 5) is 16.4. The Labute approximate surface area is 111 Å². The molecular formula is C13H19N5O. The molecule has 19 heavy (non-hydrogen) atoms. The molecule has 0 saturated carbocycles. The summed E-state index contributed by atoms with van der Waals surface area (Å²) in [6.45, 7) is 8.42. The van der Waals surface area contributed by atoms with E-state index in [1.807, 2.05) is 27.7 Å². The first-order valence-corrected chi connectivity index (χ1v) is 6.20. The van der Waals surface area contributed by atoms with E-state index in [0.717, 1.165) is 11.3 Å². The SMILES string of the molecule is Cc1[nH]ncc1CNc1nccn(C(C)(C)C)c1=O. The van der Waals surface area contributed by atoms with E-state index >= 15 is 0 Å². The zero-order valence-electron chi connectivity index (χ0n) is 11.7. The minimum absolute atomic E-state index is 0.115. The summed E-state index contributed by atoms with van der Waals surface area (Å²) in [5.41, 5.74) is 1.63. The van der Waals surface area contributed by atoms with Gasteiger partial charge in [0.15, 0.2) is 5.82 Å². The van der Waals surface area contributed by atoms with Gasteiger partial charge >= 0.3 is 0 Å². The van der Waals surface area contributed by atoms with Gasteiger partial charge in [-0.25, -0.2) is 4.98 Å². The van der Waals surface area contributed by atoms with E-state index < -0.39 is 0 Å². The second-order valence-electron chi connectivity index (χ2n) is 5.50. The van der Waals surface area contributed by atoms with Crippen molar-refractivity contribution in [1.82, 2.24) is 19.7 Å². The van der Waals surface area contributed by atoms with Gasteiger partial charge in [0.05, 0.1) is 6.20 Å². The molecule has 6 heteroatoms. The van der Waals surface area contributed by atoms with Crippen molar-refractivity contribution in [2.45, 2.75) is 39.8 Å². The van der Waals surface area contributed by atoms with Crippen molar-refractivity contribution in [1.29, 1.82) is 0 Å². The van der Waals surface area contributed by atoms with Crippen LogP contribution in [0.4, 0.5) is 5.82 Å². The first-order chi connectivity index (χ1) is 8.89. The summed E-state index contributed by atoms with van der Waals surface area (Å²) in [6, 6.07) is 0. The highest BCUT2D eigenvalue weighted by molar-refractivity contribution is 5.33. The first-order valence-electron chi connectivity index (χ1n) is 6.20. The number of anilines is 1. The quantitative estimate of drug-likeness (QED) is 0.880. The number of H-pyrrole nitrogens is 1. The van der Waals surface area contributed by atoms with Crippen LogP contribution in [0.2, 0.25) is 0 Å². The largest absolute Gasteiger partial charge is 0.361 e. The van der Waals surface area contributed by atoms with E-state index in [9.17, 15) is 4.79 Å². The lowest BCUT2D eigenvalue weighted by molar-refractivity contribution is 0.383. The molecule has 2 heterocycles. The predicted molar refractivity (Wildman–Crippen MR) is 74.1 cm³/mol. The molecule has 0 fully saturated rings. The van der Waals surface area contributed by atoms with Gasteiger partial charge in [-0.1, -0.05) is 0 Å². The Morgan fingerprint density at radius 3 is 2.74 bits per heavy atom. The third kappa shape index (κ3) is 2.83. The fraction of sp³-hybridized carbons (Fsp3) is 0.462. The smallest absolute Gasteiger partial charge is 0.293 e. The number of nitrogens with one attached hydrogen (secondary N) is 2. The van der Waals surface area contributed by atoms with Crippen molar-refractivity contribution < 1.29 is 0 Å². The molecule has 0 aliphatic rings. The Morgan fingerprint density at radius 2 is 2.16 bits per heavy atom. The molecule has 0 radical (unpaired) electrons. The Morgan fingerprint density at radius 1 is 1.42 bits per heavy atom. The molecular weight excluding hydrogens is 242 g/mol. The van der Waals surface area contributed by atoms with Gasteiger partial charge in [-0.3, -0.25) is 9.89 Å². The van der Waals surface area contributed by atoms with Crippen LogP contribution in [0.25, 0.3) is 0 Å². The van der Waals surface area contributed by atoms with Crippen LogP contribution in [0.15, 0.2) is 23.4 Å². The van der Waals surface area contributed by atoms with Gasteiger partial charge in [-0.15, -0.1) is 0 Å². The number of rotatable bonds is 3. The maximum absolute atomic E-state index is 12.3. The fourth-order valence-corrected chi connectivity index (χ4v) is 1.79. The highest BCUT2D eigenvalue weighted by atomic mass is 16.1. The lowest BCUT2D eigenvalue weighted by Crippen LogP contribution is -2.35. The highest BCUT2D eigenvalue weighted by Crippen LogP contribution is 2.11. The molecule has 2 rings (SSSR count). The van der Waals surface area contributed by atoms with Crippen molar-refractivity contribution in [2.24, 2.45) is 0 Å². The highest BCUT2D eigenvalue weighted by Gasteiger charge is 2.16. The summed E-state index contributed by atoms with van der Waals surface area (Å²) in [5, 5.41) is 9.87.